The van der Waals surface area contributed by atoms with E-state index in [2.05, 4.69) is 16.8 Å². The van der Waals surface area contributed by atoms with E-state index in [1.54, 1.807) is 49.3 Å². The van der Waals surface area contributed by atoms with Gasteiger partial charge in [0.15, 0.2) is 11.5 Å². The molecule has 0 radical (unpaired) electrons. The van der Waals surface area contributed by atoms with Crippen LogP contribution in [0.2, 0.25) is 0 Å². The molecule has 1 saturated heterocycles. The van der Waals surface area contributed by atoms with Crippen molar-refractivity contribution in [1.29, 1.82) is 0 Å². The zero-order valence-corrected chi connectivity index (χ0v) is 14.9. The molecule has 0 aliphatic carbocycles. The summed E-state index contributed by atoms with van der Waals surface area (Å²) in [7, 11) is 0. The Balaban J connectivity index is 1.66. The van der Waals surface area contributed by atoms with E-state index in [9.17, 15) is 15.0 Å². The van der Waals surface area contributed by atoms with Gasteiger partial charge in [0, 0.05) is 31.0 Å². The maximum atomic E-state index is 12.6. The summed E-state index contributed by atoms with van der Waals surface area (Å²) in [5, 5.41) is 20.4. The van der Waals surface area contributed by atoms with Crippen LogP contribution in [0.15, 0.2) is 41.1 Å². The van der Waals surface area contributed by atoms with Crippen molar-refractivity contribution >= 4 is 5.91 Å². The smallest absolute Gasteiger partial charge is 0.289 e. The van der Waals surface area contributed by atoms with Crippen LogP contribution in [0.3, 0.4) is 0 Å². The predicted molar refractivity (Wildman–Crippen MR) is 95.2 cm³/mol. The van der Waals surface area contributed by atoms with Crippen molar-refractivity contribution in [2.45, 2.75) is 37.9 Å². The minimum Gasteiger partial charge on any atom is -0.443 e. The molecule has 0 atom stereocenters. The molecule has 0 aromatic carbocycles. The highest BCUT2D eigenvalue weighted by atomic mass is 16.4. The molecule has 1 amide bonds. The molecule has 0 unspecified atom stereocenters. The molecular weight excluding hydrogens is 332 g/mol. The van der Waals surface area contributed by atoms with Gasteiger partial charge in [0.25, 0.3) is 5.91 Å². The zero-order chi connectivity index (χ0) is 18.8. The van der Waals surface area contributed by atoms with Gasteiger partial charge in [0.05, 0.1) is 5.60 Å². The third-order valence-corrected chi connectivity index (χ3v) is 4.39. The number of nitrogens with zero attached hydrogens (tertiary/aromatic N) is 2. The number of amides is 1. The second-order valence-corrected chi connectivity index (χ2v) is 7.04. The number of furan rings is 1. The molecule has 0 bridgehead atoms. The lowest BCUT2D eigenvalue weighted by molar-refractivity contribution is -0.0220. The monoisotopic (exact) mass is 354 g/mol. The molecule has 2 aromatic rings. The first-order chi connectivity index (χ1) is 12.3. The van der Waals surface area contributed by atoms with Gasteiger partial charge >= 0.3 is 0 Å². The number of carbonyl (C=O) groups excluding carboxylic acids is 1. The van der Waals surface area contributed by atoms with Crippen LogP contribution in [-0.2, 0) is 5.60 Å². The molecule has 0 spiro atoms. The van der Waals surface area contributed by atoms with Crippen molar-refractivity contribution in [3.63, 3.8) is 0 Å². The average Bonchev–Trinajstić information content (AvgIpc) is 3.09. The van der Waals surface area contributed by atoms with Gasteiger partial charge in [0.2, 0.25) is 0 Å². The van der Waals surface area contributed by atoms with Gasteiger partial charge < -0.3 is 19.5 Å². The van der Waals surface area contributed by atoms with E-state index in [0.29, 0.717) is 31.7 Å². The number of aromatic nitrogens is 1. The van der Waals surface area contributed by atoms with Crippen molar-refractivity contribution in [3.05, 3.63) is 53.7 Å². The highest BCUT2D eigenvalue weighted by Crippen LogP contribution is 2.32. The molecule has 2 aromatic heterocycles. The number of likely N-dealkylation sites (tertiary alicyclic amines) is 1. The number of aliphatic hydroxyl groups is 2. The largest absolute Gasteiger partial charge is 0.443 e. The lowest BCUT2D eigenvalue weighted by Crippen LogP contribution is -2.45. The summed E-state index contributed by atoms with van der Waals surface area (Å²) >= 11 is 0. The number of piperidine rings is 1. The fourth-order valence-corrected chi connectivity index (χ4v) is 2.90. The summed E-state index contributed by atoms with van der Waals surface area (Å²) < 4.78 is 5.48. The maximum Gasteiger partial charge on any atom is 0.289 e. The van der Waals surface area contributed by atoms with E-state index in [-0.39, 0.29) is 11.7 Å². The van der Waals surface area contributed by atoms with Gasteiger partial charge in [-0.15, -0.1) is 0 Å². The van der Waals surface area contributed by atoms with E-state index in [4.69, 9.17) is 4.42 Å². The Morgan fingerprint density at radius 1 is 1.31 bits per heavy atom. The molecule has 3 heterocycles. The quantitative estimate of drug-likeness (QED) is 0.805. The lowest BCUT2D eigenvalue weighted by atomic mass is 9.85. The Hall–Kier alpha value is -2.62. The normalized spacial score (nSPS) is 16.7. The second kappa shape index (κ2) is 6.94. The molecule has 6 heteroatoms. The zero-order valence-electron chi connectivity index (χ0n) is 14.9. The standard InChI is InChI=1S/C20H22N2O4/c1-19(2,24)8-7-16-5-6-17(26-16)18(23)22-12-9-20(25,10-13-22)15-4-3-11-21-14-15/h3-6,11,14,24-25H,9-10,12-13H2,1-2H3. The Bertz CT molecular complexity index is 832. The fourth-order valence-electron chi connectivity index (χ4n) is 2.90. The van der Waals surface area contributed by atoms with Crippen molar-refractivity contribution in [3.8, 4) is 11.8 Å². The highest BCUT2D eigenvalue weighted by Gasteiger charge is 2.36. The van der Waals surface area contributed by atoms with Gasteiger partial charge in [-0.05, 0) is 50.8 Å². The third-order valence-electron chi connectivity index (χ3n) is 4.39. The van der Waals surface area contributed by atoms with E-state index in [1.165, 1.54) is 0 Å². The van der Waals surface area contributed by atoms with Crippen LogP contribution in [0.5, 0.6) is 0 Å². The van der Waals surface area contributed by atoms with Crippen molar-refractivity contribution in [2.24, 2.45) is 0 Å². The van der Waals surface area contributed by atoms with E-state index < -0.39 is 11.2 Å². The first-order valence-corrected chi connectivity index (χ1v) is 8.54. The summed E-state index contributed by atoms with van der Waals surface area (Å²) in [6.07, 6.45) is 4.21. The summed E-state index contributed by atoms with van der Waals surface area (Å²) in [5.74, 6) is 5.67. The van der Waals surface area contributed by atoms with Crippen LogP contribution in [0, 0.1) is 11.8 Å². The molecule has 1 aliphatic heterocycles. The van der Waals surface area contributed by atoms with Gasteiger partial charge in [0.1, 0.15) is 5.60 Å². The molecule has 0 saturated carbocycles. The van der Waals surface area contributed by atoms with Gasteiger partial charge in [-0.25, -0.2) is 0 Å². The summed E-state index contributed by atoms with van der Waals surface area (Å²) in [6.45, 7) is 4.00. The molecule has 1 aliphatic rings. The topological polar surface area (TPSA) is 86.8 Å². The van der Waals surface area contributed by atoms with Crippen LogP contribution < -0.4 is 0 Å². The lowest BCUT2D eigenvalue weighted by Gasteiger charge is -2.38. The number of hydrogen-bond acceptors (Lipinski definition) is 5. The predicted octanol–water partition coefficient (Wildman–Crippen LogP) is 1.92. The fraction of sp³-hybridized carbons (Fsp3) is 0.400. The van der Waals surface area contributed by atoms with E-state index >= 15 is 0 Å². The molecule has 3 rings (SSSR count). The van der Waals surface area contributed by atoms with Gasteiger partial charge in [-0.3, -0.25) is 9.78 Å². The van der Waals surface area contributed by atoms with Crippen LogP contribution in [0.1, 0.15) is 48.6 Å². The van der Waals surface area contributed by atoms with Crippen LogP contribution in [0.4, 0.5) is 0 Å². The third kappa shape index (κ3) is 4.13. The summed E-state index contributed by atoms with van der Waals surface area (Å²) in [5.41, 5.74) is -1.31. The average molecular weight is 354 g/mol. The second-order valence-electron chi connectivity index (χ2n) is 7.04. The molecule has 136 valence electrons. The van der Waals surface area contributed by atoms with Crippen LogP contribution in [-0.4, -0.2) is 44.7 Å². The van der Waals surface area contributed by atoms with Gasteiger partial charge in [-0.2, -0.15) is 0 Å². The summed E-state index contributed by atoms with van der Waals surface area (Å²) in [6, 6.07) is 6.84. The number of rotatable bonds is 2. The molecule has 1 fully saturated rings. The van der Waals surface area contributed by atoms with Crippen molar-refractivity contribution in [2.75, 3.05) is 13.1 Å². The minimum absolute atomic E-state index is 0.205. The molecule has 26 heavy (non-hydrogen) atoms. The summed E-state index contributed by atoms with van der Waals surface area (Å²) in [4.78, 5) is 18.3. The van der Waals surface area contributed by atoms with E-state index in [0.717, 1.165) is 5.56 Å². The van der Waals surface area contributed by atoms with Gasteiger partial charge in [-0.1, -0.05) is 12.0 Å². The highest BCUT2D eigenvalue weighted by molar-refractivity contribution is 5.91. The SMILES string of the molecule is CC(C)(O)C#Cc1ccc(C(=O)N2CCC(O)(c3cccnc3)CC2)o1. The number of hydrogen-bond donors (Lipinski definition) is 2. The van der Waals surface area contributed by atoms with Crippen LogP contribution >= 0.6 is 0 Å². The molecule has 6 nitrogen and oxygen atoms in total. The minimum atomic E-state index is -1.12. The van der Waals surface area contributed by atoms with Crippen molar-refractivity contribution in [1.82, 2.24) is 9.88 Å². The Morgan fingerprint density at radius 3 is 2.65 bits per heavy atom. The number of carbonyl (C=O) groups is 1. The Morgan fingerprint density at radius 2 is 2.04 bits per heavy atom. The Kier molecular flexibility index (Phi) is 4.86. The molecule has 2 N–H and O–H groups in total. The first-order valence-electron chi connectivity index (χ1n) is 8.54. The van der Waals surface area contributed by atoms with Crippen molar-refractivity contribution < 1.29 is 19.4 Å². The van der Waals surface area contributed by atoms with E-state index in [1.807, 2.05) is 6.07 Å². The Labute approximate surface area is 152 Å². The maximum absolute atomic E-state index is 12.6. The van der Waals surface area contributed by atoms with Crippen LogP contribution in [0.25, 0.3) is 0 Å². The molecular formula is C20H22N2O4. The number of pyridine rings is 1. The first kappa shape index (κ1) is 18.2.